The Morgan fingerprint density at radius 2 is 1.80 bits per heavy atom. The fourth-order valence-electron chi connectivity index (χ4n) is 3.06. The van der Waals surface area contributed by atoms with Crippen molar-refractivity contribution in [3.63, 3.8) is 0 Å². The van der Waals surface area contributed by atoms with E-state index < -0.39 is 0 Å². The second-order valence-corrected chi connectivity index (χ2v) is 6.85. The molecule has 0 spiro atoms. The van der Waals surface area contributed by atoms with E-state index in [1.165, 1.54) is 11.8 Å². The van der Waals surface area contributed by atoms with Gasteiger partial charge in [0.2, 0.25) is 0 Å². The van der Waals surface area contributed by atoms with Gasteiger partial charge >= 0.3 is 0 Å². The topological polar surface area (TPSA) is 89.0 Å². The van der Waals surface area contributed by atoms with Gasteiger partial charge < -0.3 is 15.4 Å². The lowest BCUT2D eigenvalue weighted by molar-refractivity contribution is 0.102. The first-order chi connectivity index (χ1) is 14.8. The Labute approximate surface area is 176 Å². The van der Waals surface area contributed by atoms with Crippen molar-refractivity contribution in [3.8, 4) is 11.3 Å². The maximum absolute atomic E-state index is 12.7. The molecular formula is C23H27N5O2. The Balaban J connectivity index is 1.59. The molecule has 0 atom stereocenters. The van der Waals surface area contributed by atoms with Crippen molar-refractivity contribution in [1.82, 2.24) is 20.3 Å². The third-order valence-electron chi connectivity index (χ3n) is 4.58. The van der Waals surface area contributed by atoms with Crippen LogP contribution in [0.1, 0.15) is 28.9 Å². The zero-order valence-corrected chi connectivity index (χ0v) is 17.2. The average molecular weight is 406 g/mol. The molecule has 3 rings (SSSR count). The molecule has 156 valence electrons. The molecule has 0 saturated heterocycles. The molecule has 0 aliphatic heterocycles. The highest BCUT2D eigenvalue weighted by molar-refractivity contribution is 6.06. The number of hydrogen-bond donors (Lipinski definition) is 2. The summed E-state index contributed by atoms with van der Waals surface area (Å²) in [7, 11) is 1.72. The van der Waals surface area contributed by atoms with Crippen LogP contribution in [-0.4, -0.2) is 47.7 Å². The van der Waals surface area contributed by atoms with Gasteiger partial charge in [-0.05, 0) is 50.0 Å². The van der Waals surface area contributed by atoms with E-state index in [9.17, 15) is 4.79 Å². The molecule has 30 heavy (non-hydrogen) atoms. The number of amides is 1. The normalized spacial score (nSPS) is 10.7. The van der Waals surface area contributed by atoms with Crippen LogP contribution in [0.5, 0.6) is 0 Å². The van der Waals surface area contributed by atoms with Crippen LogP contribution in [-0.2, 0) is 11.2 Å². The third-order valence-corrected chi connectivity index (χ3v) is 4.58. The van der Waals surface area contributed by atoms with Gasteiger partial charge in [0.15, 0.2) is 5.69 Å². The van der Waals surface area contributed by atoms with E-state index in [1.807, 2.05) is 12.1 Å². The molecular weight excluding hydrogens is 378 g/mol. The van der Waals surface area contributed by atoms with E-state index in [0.29, 0.717) is 11.4 Å². The predicted octanol–water partition coefficient (Wildman–Crippen LogP) is 3.35. The highest BCUT2D eigenvalue weighted by Gasteiger charge is 2.16. The summed E-state index contributed by atoms with van der Waals surface area (Å²) in [5, 5.41) is 6.23. The molecule has 7 heteroatoms. The summed E-state index contributed by atoms with van der Waals surface area (Å²) in [4.78, 5) is 25.3. The van der Waals surface area contributed by atoms with Crippen LogP contribution in [0.2, 0.25) is 0 Å². The number of nitrogens with one attached hydrogen (secondary N) is 2. The SMILES string of the molecule is COCCCNCCCc1ccc(-c2nccnc2C(=O)Nc2cccnc2)cc1. The molecule has 0 aliphatic rings. The van der Waals surface area contributed by atoms with Crippen molar-refractivity contribution in [2.24, 2.45) is 0 Å². The van der Waals surface area contributed by atoms with E-state index in [2.05, 4.69) is 37.7 Å². The van der Waals surface area contributed by atoms with Crippen molar-refractivity contribution in [1.29, 1.82) is 0 Å². The lowest BCUT2D eigenvalue weighted by atomic mass is 10.0. The van der Waals surface area contributed by atoms with Gasteiger partial charge in [0, 0.05) is 37.9 Å². The zero-order valence-electron chi connectivity index (χ0n) is 17.2. The highest BCUT2D eigenvalue weighted by atomic mass is 16.5. The first-order valence-electron chi connectivity index (χ1n) is 10.1. The number of nitrogens with zero attached hydrogens (tertiary/aromatic N) is 3. The number of aryl methyl sites for hydroxylation is 1. The molecule has 0 saturated carbocycles. The number of anilines is 1. The highest BCUT2D eigenvalue weighted by Crippen LogP contribution is 2.21. The van der Waals surface area contributed by atoms with E-state index in [4.69, 9.17) is 4.74 Å². The Morgan fingerprint density at radius 3 is 2.57 bits per heavy atom. The summed E-state index contributed by atoms with van der Waals surface area (Å²) in [6, 6.07) is 11.7. The number of benzene rings is 1. The van der Waals surface area contributed by atoms with Crippen LogP contribution >= 0.6 is 0 Å². The maximum Gasteiger partial charge on any atom is 0.276 e. The van der Waals surface area contributed by atoms with Gasteiger partial charge in [-0.3, -0.25) is 14.8 Å². The third kappa shape index (κ3) is 6.43. The molecule has 0 aliphatic carbocycles. The Bertz CT molecular complexity index is 916. The van der Waals surface area contributed by atoms with Crippen LogP contribution in [0.4, 0.5) is 5.69 Å². The van der Waals surface area contributed by atoms with Gasteiger partial charge in [0.1, 0.15) is 5.69 Å². The molecule has 2 heterocycles. The standard InChI is InChI=1S/C23H27N5O2/c1-30-16-4-13-24-11-2-5-18-7-9-19(10-8-18)21-22(27-15-14-26-21)23(29)28-20-6-3-12-25-17-20/h3,6-10,12,14-15,17,24H,2,4-5,11,13,16H2,1H3,(H,28,29). The minimum Gasteiger partial charge on any atom is -0.385 e. The van der Waals surface area contributed by atoms with E-state index in [-0.39, 0.29) is 11.6 Å². The van der Waals surface area contributed by atoms with Crippen molar-refractivity contribution < 1.29 is 9.53 Å². The molecule has 7 nitrogen and oxygen atoms in total. The maximum atomic E-state index is 12.7. The molecule has 2 aromatic heterocycles. The predicted molar refractivity (Wildman–Crippen MR) is 117 cm³/mol. The quantitative estimate of drug-likeness (QED) is 0.476. The van der Waals surface area contributed by atoms with Crippen LogP contribution in [0.15, 0.2) is 61.2 Å². The van der Waals surface area contributed by atoms with E-state index in [1.54, 1.807) is 37.8 Å². The summed E-state index contributed by atoms with van der Waals surface area (Å²) in [5.74, 6) is -0.310. The first kappa shape index (κ1) is 21.5. The molecule has 1 amide bonds. The van der Waals surface area contributed by atoms with Crippen LogP contribution < -0.4 is 10.6 Å². The monoisotopic (exact) mass is 405 g/mol. The Hall–Kier alpha value is -3.16. The summed E-state index contributed by atoms with van der Waals surface area (Å²) >= 11 is 0. The number of pyridine rings is 1. The molecule has 0 radical (unpaired) electrons. The van der Waals surface area contributed by atoms with Crippen LogP contribution in [0.3, 0.4) is 0 Å². The van der Waals surface area contributed by atoms with Crippen LogP contribution in [0.25, 0.3) is 11.3 Å². The summed E-state index contributed by atoms with van der Waals surface area (Å²) in [6.45, 7) is 2.75. The Kier molecular flexibility index (Phi) is 8.44. The summed E-state index contributed by atoms with van der Waals surface area (Å²) in [6.07, 6.45) is 9.45. The van der Waals surface area contributed by atoms with Gasteiger partial charge in [0.05, 0.1) is 11.9 Å². The van der Waals surface area contributed by atoms with E-state index >= 15 is 0 Å². The van der Waals surface area contributed by atoms with Gasteiger partial charge in [0.25, 0.3) is 5.91 Å². The van der Waals surface area contributed by atoms with Crippen LogP contribution in [0, 0.1) is 0 Å². The van der Waals surface area contributed by atoms with Gasteiger partial charge in [-0.25, -0.2) is 4.98 Å². The summed E-state index contributed by atoms with van der Waals surface area (Å²) in [5.41, 5.74) is 3.58. The fraction of sp³-hybridized carbons (Fsp3) is 0.304. The minimum atomic E-state index is -0.310. The van der Waals surface area contributed by atoms with Gasteiger partial charge in [-0.15, -0.1) is 0 Å². The number of carbonyl (C=O) groups excluding carboxylic acids is 1. The second-order valence-electron chi connectivity index (χ2n) is 6.85. The van der Waals surface area contributed by atoms with Crippen molar-refractivity contribution in [3.05, 3.63) is 72.4 Å². The lowest BCUT2D eigenvalue weighted by Crippen LogP contribution is -2.18. The zero-order chi connectivity index (χ0) is 21.0. The molecule has 0 fully saturated rings. The summed E-state index contributed by atoms with van der Waals surface area (Å²) < 4.78 is 5.04. The minimum absolute atomic E-state index is 0.286. The van der Waals surface area contributed by atoms with Crippen molar-refractivity contribution >= 4 is 11.6 Å². The lowest BCUT2D eigenvalue weighted by Gasteiger charge is -2.09. The number of hydrogen-bond acceptors (Lipinski definition) is 6. The van der Waals surface area contributed by atoms with E-state index in [0.717, 1.165) is 44.5 Å². The first-order valence-corrected chi connectivity index (χ1v) is 10.1. The van der Waals surface area contributed by atoms with Crippen molar-refractivity contribution in [2.75, 3.05) is 32.1 Å². The van der Waals surface area contributed by atoms with Crippen molar-refractivity contribution in [2.45, 2.75) is 19.3 Å². The average Bonchev–Trinajstić information content (AvgIpc) is 2.79. The molecule has 0 unspecified atom stereocenters. The number of rotatable bonds is 11. The molecule has 0 bridgehead atoms. The van der Waals surface area contributed by atoms with Gasteiger partial charge in [-0.2, -0.15) is 0 Å². The largest absolute Gasteiger partial charge is 0.385 e. The number of ether oxygens (including phenoxy) is 1. The molecule has 2 N–H and O–H groups in total. The van der Waals surface area contributed by atoms with Gasteiger partial charge in [-0.1, -0.05) is 24.3 Å². The molecule has 3 aromatic rings. The second kappa shape index (κ2) is 11.7. The smallest absolute Gasteiger partial charge is 0.276 e. The fourth-order valence-corrected chi connectivity index (χ4v) is 3.06. The number of methoxy groups -OCH3 is 1. The molecule has 1 aromatic carbocycles. The Morgan fingerprint density at radius 1 is 1.00 bits per heavy atom. The number of carbonyl (C=O) groups is 1. The number of aromatic nitrogens is 3.